The number of carbonyl (C=O) groups excluding carboxylic acids is 1. The second-order valence-corrected chi connectivity index (χ2v) is 2.74. The molecule has 1 atom stereocenters. The topological polar surface area (TPSA) is 78.3 Å². The standard InChI is InChI=1S/C8H18N2O2/c1-12-8(11)7(6-10)4-2-3-5-9/h7H,2-6,9-10H2,1H3. The highest BCUT2D eigenvalue weighted by molar-refractivity contribution is 5.72. The van der Waals surface area contributed by atoms with Crippen LogP contribution in [0, 0.1) is 5.92 Å². The first-order valence-corrected chi connectivity index (χ1v) is 4.24. The number of ether oxygens (including phenoxy) is 1. The van der Waals surface area contributed by atoms with Crippen molar-refractivity contribution in [1.29, 1.82) is 0 Å². The van der Waals surface area contributed by atoms with Gasteiger partial charge < -0.3 is 16.2 Å². The Hall–Kier alpha value is -0.610. The minimum absolute atomic E-state index is 0.151. The first-order chi connectivity index (χ1) is 5.76. The molecule has 0 saturated carbocycles. The number of carbonyl (C=O) groups is 1. The molecular formula is C8H18N2O2. The fourth-order valence-electron chi connectivity index (χ4n) is 1.03. The van der Waals surface area contributed by atoms with Crippen molar-refractivity contribution in [2.75, 3.05) is 20.2 Å². The lowest BCUT2D eigenvalue weighted by atomic mass is 10.0. The predicted octanol–water partition coefficient (Wildman–Crippen LogP) is -0.137. The molecule has 0 aromatic rings. The molecule has 0 saturated heterocycles. The van der Waals surface area contributed by atoms with E-state index in [1.54, 1.807) is 0 Å². The molecule has 0 fully saturated rings. The minimum atomic E-state index is -0.213. The smallest absolute Gasteiger partial charge is 0.309 e. The lowest BCUT2D eigenvalue weighted by Crippen LogP contribution is -2.24. The van der Waals surface area contributed by atoms with Crippen LogP contribution in [-0.4, -0.2) is 26.2 Å². The molecule has 0 radical (unpaired) electrons. The van der Waals surface area contributed by atoms with E-state index < -0.39 is 0 Å². The van der Waals surface area contributed by atoms with Gasteiger partial charge in [0.15, 0.2) is 0 Å². The third kappa shape index (κ3) is 4.31. The van der Waals surface area contributed by atoms with Crippen molar-refractivity contribution < 1.29 is 9.53 Å². The van der Waals surface area contributed by atoms with Gasteiger partial charge in [-0.15, -0.1) is 0 Å². The monoisotopic (exact) mass is 174 g/mol. The van der Waals surface area contributed by atoms with Crippen molar-refractivity contribution >= 4 is 5.97 Å². The third-order valence-corrected chi connectivity index (χ3v) is 1.83. The molecule has 0 spiro atoms. The Balaban J connectivity index is 3.60. The molecule has 0 heterocycles. The first kappa shape index (κ1) is 11.4. The van der Waals surface area contributed by atoms with Crippen LogP contribution in [0.4, 0.5) is 0 Å². The van der Waals surface area contributed by atoms with Gasteiger partial charge in [-0.3, -0.25) is 4.79 Å². The molecule has 0 aromatic heterocycles. The van der Waals surface area contributed by atoms with Crippen LogP contribution < -0.4 is 11.5 Å². The summed E-state index contributed by atoms with van der Waals surface area (Å²) in [6, 6.07) is 0. The Kier molecular flexibility index (Phi) is 6.70. The van der Waals surface area contributed by atoms with Gasteiger partial charge in [0.2, 0.25) is 0 Å². The Morgan fingerprint density at radius 1 is 1.42 bits per heavy atom. The number of methoxy groups -OCH3 is 1. The van der Waals surface area contributed by atoms with Gasteiger partial charge in [0, 0.05) is 6.54 Å². The Morgan fingerprint density at radius 3 is 2.50 bits per heavy atom. The van der Waals surface area contributed by atoms with Crippen LogP contribution in [0.15, 0.2) is 0 Å². The molecule has 4 nitrogen and oxygen atoms in total. The maximum absolute atomic E-state index is 11.0. The minimum Gasteiger partial charge on any atom is -0.469 e. The number of rotatable bonds is 6. The Labute approximate surface area is 73.2 Å². The molecule has 12 heavy (non-hydrogen) atoms. The number of unbranched alkanes of at least 4 members (excludes halogenated alkanes) is 1. The maximum Gasteiger partial charge on any atom is 0.309 e. The average Bonchev–Trinajstić information content (AvgIpc) is 2.11. The Morgan fingerprint density at radius 2 is 2.08 bits per heavy atom. The molecule has 0 rings (SSSR count). The van der Waals surface area contributed by atoms with Gasteiger partial charge >= 0.3 is 5.97 Å². The quantitative estimate of drug-likeness (QED) is 0.434. The molecule has 0 aromatic carbocycles. The molecule has 0 aliphatic heterocycles. The van der Waals surface area contributed by atoms with Crippen molar-refractivity contribution in [1.82, 2.24) is 0 Å². The van der Waals surface area contributed by atoms with Crippen molar-refractivity contribution in [3.8, 4) is 0 Å². The van der Waals surface area contributed by atoms with Crippen LogP contribution >= 0.6 is 0 Å². The molecule has 0 aliphatic carbocycles. The van der Waals surface area contributed by atoms with Gasteiger partial charge in [0.05, 0.1) is 13.0 Å². The number of esters is 1. The van der Waals surface area contributed by atoms with Crippen molar-refractivity contribution in [2.24, 2.45) is 17.4 Å². The largest absolute Gasteiger partial charge is 0.469 e. The molecule has 72 valence electrons. The summed E-state index contributed by atoms with van der Waals surface area (Å²) >= 11 is 0. The van der Waals surface area contributed by atoms with Crippen molar-refractivity contribution in [3.05, 3.63) is 0 Å². The van der Waals surface area contributed by atoms with Crippen LogP contribution in [0.5, 0.6) is 0 Å². The van der Waals surface area contributed by atoms with E-state index in [2.05, 4.69) is 4.74 Å². The molecule has 0 bridgehead atoms. The fraction of sp³-hybridized carbons (Fsp3) is 0.875. The summed E-state index contributed by atoms with van der Waals surface area (Å²) in [5, 5.41) is 0. The van der Waals surface area contributed by atoms with E-state index in [-0.39, 0.29) is 11.9 Å². The number of hydrogen-bond acceptors (Lipinski definition) is 4. The molecule has 4 heteroatoms. The second-order valence-electron chi connectivity index (χ2n) is 2.74. The highest BCUT2D eigenvalue weighted by atomic mass is 16.5. The first-order valence-electron chi connectivity index (χ1n) is 4.24. The van der Waals surface area contributed by atoms with Gasteiger partial charge in [-0.1, -0.05) is 6.42 Å². The molecule has 0 amide bonds. The lowest BCUT2D eigenvalue weighted by Gasteiger charge is -2.10. The van der Waals surface area contributed by atoms with E-state index in [1.165, 1.54) is 7.11 Å². The van der Waals surface area contributed by atoms with Gasteiger partial charge in [0.25, 0.3) is 0 Å². The van der Waals surface area contributed by atoms with Crippen LogP contribution in [-0.2, 0) is 9.53 Å². The van der Waals surface area contributed by atoms with Crippen LogP contribution in [0.25, 0.3) is 0 Å². The zero-order valence-electron chi connectivity index (χ0n) is 7.58. The zero-order valence-corrected chi connectivity index (χ0v) is 7.58. The van der Waals surface area contributed by atoms with Gasteiger partial charge in [-0.2, -0.15) is 0 Å². The summed E-state index contributed by atoms with van der Waals surface area (Å²) < 4.78 is 4.58. The van der Waals surface area contributed by atoms with Crippen molar-refractivity contribution in [3.63, 3.8) is 0 Å². The van der Waals surface area contributed by atoms with E-state index in [4.69, 9.17) is 11.5 Å². The highest BCUT2D eigenvalue weighted by Gasteiger charge is 2.15. The maximum atomic E-state index is 11.0. The van der Waals surface area contributed by atoms with Gasteiger partial charge in [0.1, 0.15) is 0 Å². The fourth-order valence-corrected chi connectivity index (χ4v) is 1.03. The summed E-state index contributed by atoms with van der Waals surface area (Å²) in [5.41, 5.74) is 10.7. The average molecular weight is 174 g/mol. The third-order valence-electron chi connectivity index (χ3n) is 1.83. The molecule has 0 aliphatic rings. The summed E-state index contributed by atoms with van der Waals surface area (Å²) in [6.45, 7) is 1.02. The van der Waals surface area contributed by atoms with E-state index in [1.807, 2.05) is 0 Å². The van der Waals surface area contributed by atoms with Gasteiger partial charge in [-0.25, -0.2) is 0 Å². The number of nitrogens with two attached hydrogens (primary N) is 2. The summed E-state index contributed by atoms with van der Waals surface area (Å²) in [6.07, 6.45) is 2.65. The van der Waals surface area contributed by atoms with E-state index in [0.717, 1.165) is 19.3 Å². The number of hydrogen-bond donors (Lipinski definition) is 2. The lowest BCUT2D eigenvalue weighted by molar-refractivity contribution is -0.145. The zero-order chi connectivity index (χ0) is 9.40. The summed E-state index contributed by atoms with van der Waals surface area (Å²) in [5.74, 6) is -0.365. The summed E-state index contributed by atoms with van der Waals surface area (Å²) in [4.78, 5) is 11.0. The predicted molar refractivity (Wildman–Crippen MR) is 47.5 cm³/mol. The van der Waals surface area contributed by atoms with Crippen molar-refractivity contribution in [2.45, 2.75) is 19.3 Å². The molecule has 1 unspecified atom stereocenters. The molecule has 4 N–H and O–H groups in total. The second kappa shape index (κ2) is 7.06. The van der Waals surface area contributed by atoms with Crippen LogP contribution in [0.3, 0.4) is 0 Å². The highest BCUT2D eigenvalue weighted by Crippen LogP contribution is 2.08. The normalized spacial score (nSPS) is 12.6. The Bertz CT molecular complexity index is 128. The SMILES string of the molecule is COC(=O)C(CN)CCCCN. The molecular weight excluding hydrogens is 156 g/mol. The van der Waals surface area contributed by atoms with E-state index in [0.29, 0.717) is 13.1 Å². The van der Waals surface area contributed by atoms with E-state index >= 15 is 0 Å². The van der Waals surface area contributed by atoms with Crippen LogP contribution in [0.1, 0.15) is 19.3 Å². The van der Waals surface area contributed by atoms with E-state index in [9.17, 15) is 4.79 Å². The van der Waals surface area contributed by atoms with Crippen LogP contribution in [0.2, 0.25) is 0 Å². The van der Waals surface area contributed by atoms with Gasteiger partial charge in [-0.05, 0) is 19.4 Å². The summed E-state index contributed by atoms with van der Waals surface area (Å²) in [7, 11) is 1.38.